The van der Waals surface area contributed by atoms with Crippen LogP contribution in [0, 0.1) is 12.1 Å². The molecule has 0 saturated carbocycles. The van der Waals surface area contributed by atoms with Crippen LogP contribution in [0.25, 0.3) is 11.1 Å². The van der Waals surface area contributed by atoms with Gasteiger partial charge in [0, 0.05) is 23.3 Å². The van der Waals surface area contributed by atoms with Crippen molar-refractivity contribution < 1.29 is 33.7 Å². The first kappa shape index (κ1) is 30.2. The van der Waals surface area contributed by atoms with Gasteiger partial charge >= 0.3 is 5.97 Å². The van der Waals surface area contributed by atoms with Crippen molar-refractivity contribution in [3.8, 4) is 34.1 Å². The molecular formula is C33H33N3O8. The summed E-state index contributed by atoms with van der Waals surface area (Å²) in [5.74, 6) is 0.602. The highest BCUT2D eigenvalue weighted by atomic mass is 16.8. The maximum atomic E-state index is 13.0. The van der Waals surface area contributed by atoms with Gasteiger partial charge in [0.15, 0.2) is 11.5 Å². The third-order valence-electron chi connectivity index (χ3n) is 7.36. The molecule has 0 fully saturated rings. The average molecular weight is 600 g/mol. The number of ether oxygens (including phenoxy) is 4. The van der Waals surface area contributed by atoms with Gasteiger partial charge in [-0.1, -0.05) is 24.3 Å². The molecule has 4 aromatic rings. The molecule has 0 aromatic heterocycles. The number of carbonyl (C=O) groups is 2. The van der Waals surface area contributed by atoms with E-state index < -0.39 is 11.5 Å². The number of esters is 1. The van der Waals surface area contributed by atoms with Crippen molar-refractivity contribution in [1.29, 1.82) is 0 Å². The van der Waals surface area contributed by atoms with Gasteiger partial charge in [-0.25, -0.2) is 4.79 Å². The molecule has 44 heavy (non-hydrogen) atoms. The molecule has 1 amide bonds. The standard InChI is InChI=1S/C33H32N3O8/c1-19-8-6-7-9-22(19)31(37)44-21-11-12-24(28(17-21)42-5)23-13-14-26-30(34-32(38)33(2,3)35-26)25(23)18-43-29-16-20(36(39)40)10-15-27(29)41-4/h6-17,35,39H,18H2,1-5H3,(H,34,38)/q-1/p+1. The first-order valence-electron chi connectivity index (χ1n) is 13.7. The molecule has 11 nitrogen and oxygen atoms in total. The fourth-order valence-electron chi connectivity index (χ4n) is 4.94. The number of fused-ring (bicyclic) bond motifs is 1. The summed E-state index contributed by atoms with van der Waals surface area (Å²) in [4.78, 5) is 25.9. The minimum Gasteiger partial charge on any atom is -0.694 e. The van der Waals surface area contributed by atoms with E-state index >= 15 is 0 Å². The van der Waals surface area contributed by atoms with E-state index in [1.165, 1.54) is 32.4 Å². The van der Waals surface area contributed by atoms with Gasteiger partial charge in [0.1, 0.15) is 29.3 Å². The Labute approximate surface area is 254 Å². The number of aryl methyl sites for hydroxylation is 1. The van der Waals surface area contributed by atoms with E-state index in [0.717, 1.165) is 5.56 Å². The fraction of sp³-hybridized carbons (Fsp3) is 0.212. The van der Waals surface area contributed by atoms with Crippen molar-refractivity contribution in [2.75, 3.05) is 30.1 Å². The summed E-state index contributed by atoms with van der Waals surface area (Å²) in [7, 11) is 2.98. The second-order valence-electron chi connectivity index (χ2n) is 10.7. The molecule has 1 aliphatic heterocycles. The zero-order valence-corrected chi connectivity index (χ0v) is 24.9. The van der Waals surface area contributed by atoms with Crippen LogP contribution >= 0.6 is 0 Å². The van der Waals surface area contributed by atoms with E-state index in [4.69, 9.17) is 24.2 Å². The topological polar surface area (TPSA) is 144 Å². The molecule has 0 unspecified atom stereocenters. The molecule has 0 aliphatic carbocycles. The Morgan fingerprint density at radius 1 is 0.932 bits per heavy atom. The molecule has 0 radical (unpaired) electrons. The van der Waals surface area contributed by atoms with Crippen molar-refractivity contribution >= 4 is 28.9 Å². The Hall–Kier alpha value is -5.26. The monoisotopic (exact) mass is 599 g/mol. The van der Waals surface area contributed by atoms with Crippen LogP contribution in [0.5, 0.6) is 23.0 Å². The first-order chi connectivity index (χ1) is 21.0. The lowest BCUT2D eigenvalue weighted by Crippen LogP contribution is -2.47. The third-order valence-corrected chi connectivity index (χ3v) is 7.36. The molecule has 1 heterocycles. The van der Waals surface area contributed by atoms with Crippen LogP contribution in [0.3, 0.4) is 0 Å². The summed E-state index contributed by atoms with van der Waals surface area (Å²) in [6.07, 6.45) is 0. The quantitative estimate of drug-likeness (QED) is 0.109. The Kier molecular flexibility index (Phi) is 8.34. The van der Waals surface area contributed by atoms with Gasteiger partial charge in [0.25, 0.3) is 0 Å². The summed E-state index contributed by atoms with van der Waals surface area (Å²) in [5, 5.41) is 25.3. The molecule has 0 spiro atoms. The minimum atomic E-state index is -0.851. The van der Waals surface area contributed by atoms with Crippen LogP contribution in [0.15, 0.2) is 72.8 Å². The second-order valence-corrected chi connectivity index (χ2v) is 10.7. The summed E-state index contributed by atoms with van der Waals surface area (Å²) in [6, 6.07) is 20.4. The lowest BCUT2D eigenvalue weighted by atomic mass is 9.92. The van der Waals surface area contributed by atoms with Crippen molar-refractivity contribution in [1.82, 2.24) is 0 Å². The molecule has 4 aromatic carbocycles. The number of amides is 1. The molecule has 0 atom stereocenters. The van der Waals surface area contributed by atoms with Gasteiger partial charge in [0.05, 0.1) is 31.2 Å². The highest BCUT2D eigenvalue weighted by Gasteiger charge is 2.35. The van der Waals surface area contributed by atoms with Crippen LogP contribution < -0.4 is 34.8 Å². The smallest absolute Gasteiger partial charge is 0.343 e. The van der Waals surface area contributed by atoms with Crippen LogP contribution in [-0.2, 0) is 11.4 Å². The van der Waals surface area contributed by atoms with Gasteiger partial charge < -0.3 is 40.0 Å². The van der Waals surface area contributed by atoms with Crippen LogP contribution in [0.2, 0.25) is 0 Å². The zero-order valence-electron chi connectivity index (χ0n) is 24.9. The normalized spacial score (nSPS) is 13.2. The molecular weight excluding hydrogens is 566 g/mol. The van der Waals surface area contributed by atoms with E-state index in [2.05, 4.69) is 10.6 Å². The van der Waals surface area contributed by atoms with Crippen LogP contribution in [0.1, 0.15) is 35.3 Å². The van der Waals surface area contributed by atoms with E-state index in [-0.39, 0.29) is 29.2 Å². The highest BCUT2D eigenvalue weighted by Crippen LogP contribution is 2.44. The molecule has 0 bridgehead atoms. The maximum absolute atomic E-state index is 13.0. The Balaban J connectivity index is 1.56. The average Bonchev–Trinajstić information content (AvgIpc) is 3.00. The summed E-state index contributed by atoms with van der Waals surface area (Å²) in [6.45, 7) is 5.34. The largest absolute Gasteiger partial charge is 0.694 e. The van der Waals surface area contributed by atoms with E-state index in [9.17, 15) is 14.8 Å². The zero-order chi connectivity index (χ0) is 31.6. The highest BCUT2D eigenvalue weighted by molar-refractivity contribution is 6.07. The Morgan fingerprint density at radius 2 is 1.66 bits per heavy atom. The summed E-state index contributed by atoms with van der Waals surface area (Å²) < 4.78 is 23.0. The first-order valence-corrected chi connectivity index (χ1v) is 13.7. The molecule has 5 rings (SSSR count). The SMILES string of the molecule is COc1ccc(N([O-])[OH2+])cc1OCc1c(-c2ccc(OC(=O)c3ccccc3C)cc2OC)ccc2c1NC(=O)C(C)(C)N2. The number of rotatable bonds is 9. The van der Waals surface area contributed by atoms with Crippen molar-refractivity contribution in [2.45, 2.75) is 32.9 Å². The number of hydrogen-bond donors (Lipinski definition) is 2. The summed E-state index contributed by atoms with van der Waals surface area (Å²) in [5.41, 5.74) is 3.62. The number of nitrogens with zero attached hydrogens (tertiary/aromatic N) is 1. The Morgan fingerprint density at radius 3 is 2.36 bits per heavy atom. The third kappa shape index (κ3) is 5.96. The van der Waals surface area contributed by atoms with Gasteiger partial charge in [-0.15, -0.1) is 0 Å². The van der Waals surface area contributed by atoms with E-state index in [0.29, 0.717) is 50.9 Å². The summed E-state index contributed by atoms with van der Waals surface area (Å²) >= 11 is 0. The van der Waals surface area contributed by atoms with Crippen molar-refractivity contribution in [3.63, 3.8) is 0 Å². The fourth-order valence-corrected chi connectivity index (χ4v) is 4.94. The number of nitrogens with one attached hydrogen (secondary N) is 2. The predicted molar refractivity (Wildman–Crippen MR) is 168 cm³/mol. The molecule has 228 valence electrons. The van der Waals surface area contributed by atoms with E-state index in [1.54, 1.807) is 44.2 Å². The predicted octanol–water partition coefficient (Wildman–Crippen LogP) is 5.56. The molecule has 1 aliphatic rings. The molecule has 4 N–H and O–H groups in total. The lowest BCUT2D eigenvalue weighted by Gasteiger charge is -2.34. The molecule has 11 heteroatoms. The van der Waals surface area contributed by atoms with Gasteiger partial charge in [-0.2, -0.15) is 5.23 Å². The maximum Gasteiger partial charge on any atom is 0.343 e. The number of anilines is 3. The number of hydrogen-bond acceptors (Lipinski definition) is 9. The molecule has 0 saturated heterocycles. The van der Waals surface area contributed by atoms with Gasteiger partial charge in [-0.05, 0) is 68.3 Å². The number of benzene rings is 4. The Bertz CT molecular complexity index is 1730. The minimum absolute atomic E-state index is 0.0212. The lowest BCUT2D eigenvalue weighted by molar-refractivity contribution is -0.119. The van der Waals surface area contributed by atoms with Gasteiger partial charge in [-0.3, -0.25) is 4.79 Å². The van der Waals surface area contributed by atoms with Gasteiger partial charge in [0.2, 0.25) is 5.91 Å². The van der Waals surface area contributed by atoms with Crippen molar-refractivity contribution in [2.24, 2.45) is 0 Å². The number of methoxy groups -OCH3 is 2. The van der Waals surface area contributed by atoms with Crippen molar-refractivity contribution in [3.05, 3.63) is 94.7 Å². The van der Waals surface area contributed by atoms with Crippen LogP contribution in [0.4, 0.5) is 17.1 Å². The van der Waals surface area contributed by atoms with Crippen LogP contribution in [-0.4, -0.2) is 36.8 Å². The number of carbonyl (C=O) groups excluding carboxylic acids is 2. The second kappa shape index (κ2) is 12.2. The van der Waals surface area contributed by atoms with E-state index in [1.807, 2.05) is 31.2 Å².